The van der Waals surface area contributed by atoms with E-state index in [4.69, 9.17) is 0 Å². The van der Waals surface area contributed by atoms with Crippen LogP contribution < -0.4 is 10.6 Å². The Labute approximate surface area is 107 Å². The molecule has 0 aliphatic rings. The summed E-state index contributed by atoms with van der Waals surface area (Å²) in [4.78, 5) is 8.46. The SMILES string of the molecule is CNc1ncnc(Nc2ccc(C)cc2C)c1C. The highest BCUT2D eigenvalue weighted by atomic mass is 15.1. The van der Waals surface area contributed by atoms with Crippen LogP contribution in [0.3, 0.4) is 0 Å². The zero-order chi connectivity index (χ0) is 13.1. The van der Waals surface area contributed by atoms with Crippen molar-refractivity contribution in [1.29, 1.82) is 0 Å². The van der Waals surface area contributed by atoms with Gasteiger partial charge in [-0.05, 0) is 32.4 Å². The van der Waals surface area contributed by atoms with Gasteiger partial charge in [-0.1, -0.05) is 17.7 Å². The molecule has 2 rings (SSSR count). The molecule has 0 radical (unpaired) electrons. The highest BCUT2D eigenvalue weighted by Gasteiger charge is 2.07. The van der Waals surface area contributed by atoms with Crippen molar-refractivity contribution in [3.63, 3.8) is 0 Å². The highest BCUT2D eigenvalue weighted by molar-refractivity contribution is 5.66. The van der Waals surface area contributed by atoms with Crippen molar-refractivity contribution < 1.29 is 0 Å². The largest absolute Gasteiger partial charge is 0.373 e. The number of hydrogen-bond donors (Lipinski definition) is 2. The quantitative estimate of drug-likeness (QED) is 0.868. The Morgan fingerprint density at radius 1 is 1.00 bits per heavy atom. The standard InChI is InChI=1S/C14H18N4/c1-9-5-6-12(10(2)7-9)18-14-11(3)13(15-4)16-8-17-14/h5-8H,1-4H3,(H2,15,16,17,18). The zero-order valence-corrected chi connectivity index (χ0v) is 11.2. The van der Waals surface area contributed by atoms with Gasteiger partial charge in [-0.15, -0.1) is 0 Å². The maximum atomic E-state index is 4.28. The van der Waals surface area contributed by atoms with E-state index in [1.807, 2.05) is 14.0 Å². The Kier molecular flexibility index (Phi) is 3.46. The number of benzene rings is 1. The molecule has 1 aromatic heterocycles. The summed E-state index contributed by atoms with van der Waals surface area (Å²) in [6.07, 6.45) is 1.56. The van der Waals surface area contributed by atoms with E-state index in [1.165, 1.54) is 11.1 Å². The second kappa shape index (κ2) is 5.04. The lowest BCUT2D eigenvalue weighted by molar-refractivity contribution is 1.12. The van der Waals surface area contributed by atoms with E-state index in [9.17, 15) is 0 Å². The van der Waals surface area contributed by atoms with Gasteiger partial charge in [0.15, 0.2) is 0 Å². The summed E-state index contributed by atoms with van der Waals surface area (Å²) in [5.74, 6) is 1.68. The first-order valence-electron chi connectivity index (χ1n) is 5.95. The first-order chi connectivity index (χ1) is 8.61. The summed E-state index contributed by atoms with van der Waals surface area (Å²) in [6.45, 7) is 6.17. The van der Waals surface area contributed by atoms with Crippen molar-refractivity contribution in [2.75, 3.05) is 17.7 Å². The van der Waals surface area contributed by atoms with E-state index in [0.717, 1.165) is 22.9 Å². The van der Waals surface area contributed by atoms with Crippen LogP contribution in [0.4, 0.5) is 17.3 Å². The summed E-state index contributed by atoms with van der Waals surface area (Å²) in [5, 5.41) is 6.41. The molecule has 0 saturated carbocycles. The van der Waals surface area contributed by atoms with E-state index in [0.29, 0.717) is 0 Å². The molecule has 0 spiro atoms. The predicted octanol–water partition coefficient (Wildman–Crippen LogP) is 3.19. The maximum absolute atomic E-state index is 4.28. The van der Waals surface area contributed by atoms with Crippen LogP contribution in [0.25, 0.3) is 0 Å². The molecule has 0 aliphatic heterocycles. The molecule has 4 heteroatoms. The van der Waals surface area contributed by atoms with Crippen molar-refractivity contribution in [2.24, 2.45) is 0 Å². The normalized spacial score (nSPS) is 10.2. The number of nitrogens with zero attached hydrogens (tertiary/aromatic N) is 2. The smallest absolute Gasteiger partial charge is 0.138 e. The monoisotopic (exact) mass is 242 g/mol. The van der Waals surface area contributed by atoms with Crippen molar-refractivity contribution in [3.05, 3.63) is 41.2 Å². The van der Waals surface area contributed by atoms with Gasteiger partial charge in [0.25, 0.3) is 0 Å². The molecule has 0 aliphatic carbocycles. The number of rotatable bonds is 3. The lowest BCUT2D eigenvalue weighted by Crippen LogP contribution is -2.03. The molecule has 94 valence electrons. The molecular formula is C14H18N4. The molecule has 0 saturated heterocycles. The maximum Gasteiger partial charge on any atom is 0.138 e. The topological polar surface area (TPSA) is 49.8 Å². The highest BCUT2D eigenvalue weighted by Crippen LogP contribution is 2.24. The second-order valence-electron chi connectivity index (χ2n) is 4.39. The predicted molar refractivity (Wildman–Crippen MR) is 75.5 cm³/mol. The molecule has 18 heavy (non-hydrogen) atoms. The first kappa shape index (κ1) is 12.4. The number of anilines is 3. The Balaban J connectivity index is 2.34. The number of aromatic nitrogens is 2. The van der Waals surface area contributed by atoms with E-state index >= 15 is 0 Å². The molecule has 0 amide bonds. The summed E-state index contributed by atoms with van der Waals surface area (Å²) < 4.78 is 0. The van der Waals surface area contributed by atoms with Crippen LogP contribution in [-0.4, -0.2) is 17.0 Å². The number of hydrogen-bond acceptors (Lipinski definition) is 4. The molecule has 0 unspecified atom stereocenters. The van der Waals surface area contributed by atoms with Gasteiger partial charge < -0.3 is 10.6 Å². The average Bonchev–Trinajstić information content (AvgIpc) is 2.35. The van der Waals surface area contributed by atoms with E-state index < -0.39 is 0 Å². The van der Waals surface area contributed by atoms with Gasteiger partial charge in [0, 0.05) is 18.3 Å². The van der Waals surface area contributed by atoms with Crippen LogP contribution in [0.5, 0.6) is 0 Å². The molecular weight excluding hydrogens is 224 g/mol. The molecule has 0 fully saturated rings. The van der Waals surface area contributed by atoms with Crippen LogP contribution in [0.15, 0.2) is 24.5 Å². The summed E-state index contributed by atoms with van der Waals surface area (Å²) >= 11 is 0. The lowest BCUT2D eigenvalue weighted by Gasteiger charge is -2.13. The van der Waals surface area contributed by atoms with Gasteiger partial charge in [-0.25, -0.2) is 9.97 Å². The third-order valence-electron chi connectivity index (χ3n) is 2.96. The van der Waals surface area contributed by atoms with Crippen molar-refractivity contribution in [2.45, 2.75) is 20.8 Å². The van der Waals surface area contributed by atoms with Crippen molar-refractivity contribution >= 4 is 17.3 Å². The van der Waals surface area contributed by atoms with Crippen LogP contribution in [0, 0.1) is 20.8 Å². The van der Waals surface area contributed by atoms with Crippen LogP contribution in [-0.2, 0) is 0 Å². The van der Waals surface area contributed by atoms with Crippen LogP contribution in [0.2, 0.25) is 0 Å². The molecule has 2 N–H and O–H groups in total. The van der Waals surface area contributed by atoms with Crippen molar-refractivity contribution in [3.8, 4) is 0 Å². The first-order valence-corrected chi connectivity index (χ1v) is 5.95. The molecule has 1 heterocycles. The number of nitrogens with one attached hydrogen (secondary N) is 2. The van der Waals surface area contributed by atoms with Gasteiger partial charge in [0.05, 0.1) is 0 Å². The Morgan fingerprint density at radius 2 is 1.72 bits per heavy atom. The van der Waals surface area contributed by atoms with E-state index in [2.05, 4.69) is 52.6 Å². The van der Waals surface area contributed by atoms with Crippen molar-refractivity contribution in [1.82, 2.24) is 9.97 Å². The van der Waals surface area contributed by atoms with Gasteiger partial charge in [0.2, 0.25) is 0 Å². The van der Waals surface area contributed by atoms with Gasteiger partial charge >= 0.3 is 0 Å². The summed E-state index contributed by atoms with van der Waals surface area (Å²) in [5.41, 5.74) is 4.55. The van der Waals surface area contributed by atoms with Gasteiger partial charge in [0.1, 0.15) is 18.0 Å². The summed E-state index contributed by atoms with van der Waals surface area (Å²) in [6, 6.07) is 6.31. The fourth-order valence-electron chi connectivity index (χ4n) is 1.91. The van der Waals surface area contributed by atoms with Gasteiger partial charge in [-0.3, -0.25) is 0 Å². The third-order valence-corrected chi connectivity index (χ3v) is 2.96. The van der Waals surface area contributed by atoms with Crippen LogP contribution >= 0.6 is 0 Å². The minimum atomic E-state index is 0.835. The molecule has 0 atom stereocenters. The number of aryl methyl sites for hydroxylation is 2. The van der Waals surface area contributed by atoms with Crippen LogP contribution in [0.1, 0.15) is 16.7 Å². The lowest BCUT2D eigenvalue weighted by atomic mass is 10.1. The Hall–Kier alpha value is -2.10. The van der Waals surface area contributed by atoms with E-state index in [1.54, 1.807) is 6.33 Å². The minimum Gasteiger partial charge on any atom is -0.373 e. The fourth-order valence-corrected chi connectivity index (χ4v) is 1.91. The Morgan fingerprint density at radius 3 is 2.39 bits per heavy atom. The third kappa shape index (κ3) is 2.42. The molecule has 1 aromatic carbocycles. The average molecular weight is 242 g/mol. The Bertz CT molecular complexity index is 564. The molecule has 2 aromatic rings. The zero-order valence-electron chi connectivity index (χ0n) is 11.2. The fraction of sp³-hybridized carbons (Fsp3) is 0.286. The van der Waals surface area contributed by atoms with E-state index in [-0.39, 0.29) is 0 Å². The molecule has 0 bridgehead atoms. The van der Waals surface area contributed by atoms with Gasteiger partial charge in [-0.2, -0.15) is 0 Å². The minimum absolute atomic E-state index is 0.835. The molecule has 4 nitrogen and oxygen atoms in total. The second-order valence-corrected chi connectivity index (χ2v) is 4.39. The summed E-state index contributed by atoms with van der Waals surface area (Å²) in [7, 11) is 1.86.